The van der Waals surface area contributed by atoms with Gasteiger partial charge in [-0.3, -0.25) is 0 Å². The molecule has 16 heavy (non-hydrogen) atoms. The quantitative estimate of drug-likeness (QED) is 0.808. The number of thioether (sulfide) groups is 1. The van der Waals surface area contributed by atoms with Crippen LogP contribution in [0.1, 0.15) is 19.0 Å². The third-order valence-electron chi connectivity index (χ3n) is 3.52. The fourth-order valence-corrected chi connectivity index (χ4v) is 4.12. The maximum Gasteiger partial charge on any atom is 0.105 e. The van der Waals surface area contributed by atoms with Crippen LogP contribution in [0.5, 0.6) is 0 Å². The summed E-state index contributed by atoms with van der Waals surface area (Å²) in [6, 6.07) is 0. The second kappa shape index (κ2) is 5.23. The third-order valence-corrected chi connectivity index (χ3v) is 5.01. The van der Waals surface area contributed by atoms with Gasteiger partial charge >= 0.3 is 0 Å². The molecule has 0 radical (unpaired) electrons. The van der Waals surface area contributed by atoms with E-state index in [1.165, 1.54) is 17.9 Å². The zero-order chi connectivity index (χ0) is 11.5. The molecule has 1 aromatic heterocycles. The number of rotatable bonds is 4. The highest BCUT2D eigenvalue weighted by Gasteiger charge is 2.35. The van der Waals surface area contributed by atoms with Crippen molar-refractivity contribution in [3.8, 4) is 0 Å². The molecule has 2 unspecified atom stereocenters. The first-order valence-corrected chi connectivity index (χ1v) is 6.90. The van der Waals surface area contributed by atoms with Crippen LogP contribution in [0.3, 0.4) is 0 Å². The minimum absolute atomic E-state index is 0.392. The summed E-state index contributed by atoms with van der Waals surface area (Å²) in [6.45, 7) is 2.26. The average molecular weight is 240 g/mol. The molecule has 0 N–H and O–H groups in total. The molecule has 0 amide bonds. The Kier molecular flexibility index (Phi) is 3.92. The maximum atomic E-state index is 5.53. The second-order valence-electron chi connectivity index (χ2n) is 4.47. The van der Waals surface area contributed by atoms with Crippen molar-refractivity contribution in [3.63, 3.8) is 0 Å². The van der Waals surface area contributed by atoms with Crippen LogP contribution in [-0.2, 0) is 18.2 Å². The first-order valence-electron chi connectivity index (χ1n) is 5.85. The summed E-state index contributed by atoms with van der Waals surface area (Å²) in [5, 5.41) is 0. The molecule has 1 aromatic rings. The molecule has 90 valence electrons. The van der Waals surface area contributed by atoms with Crippen molar-refractivity contribution >= 4 is 11.8 Å². The van der Waals surface area contributed by atoms with Crippen LogP contribution in [0.4, 0.5) is 0 Å². The molecular weight excluding hydrogens is 220 g/mol. The smallest absolute Gasteiger partial charge is 0.105 e. The Hall–Kier alpha value is -0.480. The zero-order valence-corrected chi connectivity index (χ0v) is 11.0. The van der Waals surface area contributed by atoms with E-state index in [0.717, 1.165) is 12.3 Å². The van der Waals surface area contributed by atoms with Gasteiger partial charge in [0.15, 0.2) is 0 Å². The molecule has 3 nitrogen and oxygen atoms in total. The van der Waals surface area contributed by atoms with Gasteiger partial charge in [-0.15, -0.1) is 11.8 Å². The van der Waals surface area contributed by atoms with E-state index in [4.69, 9.17) is 4.74 Å². The number of methoxy groups -OCH3 is 1. The summed E-state index contributed by atoms with van der Waals surface area (Å²) in [5.74, 6) is 2.63. The summed E-state index contributed by atoms with van der Waals surface area (Å²) < 4.78 is 7.66. The van der Waals surface area contributed by atoms with Crippen molar-refractivity contribution in [3.05, 3.63) is 18.2 Å². The van der Waals surface area contributed by atoms with E-state index in [9.17, 15) is 0 Å². The monoisotopic (exact) mass is 240 g/mol. The van der Waals surface area contributed by atoms with Gasteiger partial charge < -0.3 is 9.30 Å². The number of hydrogen-bond acceptors (Lipinski definition) is 3. The molecule has 0 aliphatic carbocycles. The minimum Gasteiger partial charge on any atom is -0.371 e. The zero-order valence-electron chi connectivity index (χ0n) is 10.2. The van der Waals surface area contributed by atoms with Crippen LogP contribution >= 0.6 is 11.8 Å². The van der Waals surface area contributed by atoms with E-state index in [-0.39, 0.29) is 0 Å². The highest BCUT2D eigenvalue weighted by atomic mass is 32.2. The molecule has 0 spiro atoms. The lowest BCUT2D eigenvalue weighted by Gasteiger charge is -2.21. The lowest BCUT2D eigenvalue weighted by molar-refractivity contribution is 0.106. The molecule has 0 saturated carbocycles. The molecule has 0 bridgehead atoms. The van der Waals surface area contributed by atoms with Crippen molar-refractivity contribution < 1.29 is 4.74 Å². The number of ether oxygens (including phenoxy) is 1. The Labute approximate surface area is 102 Å². The van der Waals surface area contributed by atoms with E-state index in [2.05, 4.69) is 23.5 Å². The number of imidazole rings is 1. The van der Waals surface area contributed by atoms with Crippen LogP contribution in [-0.4, -0.2) is 27.8 Å². The highest BCUT2D eigenvalue weighted by Crippen LogP contribution is 2.40. The molecule has 4 heteroatoms. The van der Waals surface area contributed by atoms with Crippen molar-refractivity contribution in [2.24, 2.45) is 18.9 Å². The molecule has 0 aromatic carbocycles. The summed E-state index contributed by atoms with van der Waals surface area (Å²) >= 11 is 1.96. The van der Waals surface area contributed by atoms with Crippen LogP contribution in [0.2, 0.25) is 0 Å². The van der Waals surface area contributed by atoms with Crippen LogP contribution in [0.15, 0.2) is 12.5 Å². The summed E-state index contributed by atoms with van der Waals surface area (Å²) in [7, 11) is 3.89. The lowest BCUT2D eigenvalue weighted by atomic mass is 9.89. The van der Waals surface area contributed by atoms with Crippen molar-refractivity contribution in [1.82, 2.24) is 9.55 Å². The number of aromatic nitrogens is 2. The number of aryl methyl sites for hydroxylation is 1. The molecule has 2 rings (SSSR count). The Morgan fingerprint density at radius 2 is 2.44 bits per heavy atom. The van der Waals surface area contributed by atoms with E-state index in [1.54, 1.807) is 0 Å². The van der Waals surface area contributed by atoms with Gasteiger partial charge in [0.05, 0.1) is 6.33 Å². The van der Waals surface area contributed by atoms with Crippen LogP contribution in [0.25, 0.3) is 0 Å². The van der Waals surface area contributed by atoms with Gasteiger partial charge in [0.1, 0.15) is 5.44 Å². The number of hydrogen-bond donors (Lipinski definition) is 0. The van der Waals surface area contributed by atoms with Gasteiger partial charge in [-0.25, -0.2) is 4.98 Å². The van der Waals surface area contributed by atoms with Gasteiger partial charge in [0.25, 0.3) is 0 Å². The van der Waals surface area contributed by atoms with Gasteiger partial charge in [-0.05, 0) is 30.4 Å². The van der Waals surface area contributed by atoms with E-state index < -0.39 is 0 Å². The summed E-state index contributed by atoms with van der Waals surface area (Å²) in [6.07, 6.45) is 6.19. The van der Waals surface area contributed by atoms with Gasteiger partial charge in [0, 0.05) is 26.0 Å². The summed E-state index contributed by atoms with van der Waals surface area (Å²) in [5.41, 5.74) is 1.73. The van der Waals surface area contributed by atoms with Crippen molar-refractivity contribution in [2.45, 2.75) is 25.2 Å². The van der Waals surface area contributed by atoms with Crippen molar-refractivity contribution in [1.29, 1.82) is 0 Å². The lowest BCUT2D eigenvalue weighted by Crippen LogP contribution is -2.22. The third kappa shape index (κ3) is 2.28. The average Bonchev–Trinajstić information content (AvgIpc) is 2.86. The predicted molar refractivity (Wildman–Crippen MR) is 67.4 cm³/mol. The summed E-state index contributed by atoms with van der Waals surface area (Å²) in [4.78, 5) is 4.18. The van der Waals surface area contributed by atoms with E-state index in [1.807, 2.05) is 31.4 Å². The molecule has 3 atom stereocenters. The first-order chi connectivity index (χ1) is 7.76. The first kappa shape index (κ1) is 12.0. The SMILES string of the molecule is CC[C@@H]1C(Cc2cncn2C)CSC1OC. The fourth-order valence-electron chi connectivity index (χ4n) is 2.52. The Morgan fingerprint density at radius 1 is 1.62 bits per heavy atom. The largest absolute Gasteiger partial charge is 0.371 e. The maximum absolute atomic E-state index is 5.53. The second-order valence-corrected chi connectivity index (χ2v) is 5.60. The normalized spacial score (nSPS) is 29.8. The van der Waals surface area contributed by atoms with Gasteiger partial charge in [0.2, 0.25) is 0 Å². The minimum atomic E-state index is 0.392. The molecule has 1 fully saturated rings. The van der Waals surface area contributed by atoms with Crippen LogP contribution < -0.4 is 0 Å². The highest BCUT2D eigenvalue weighted by molar-refractivity contribution is 8.00. The standard InChI is InChI=1S/C12H20N2OS/c1-4-11-9(7-16-12(11)15-3)5-10-6-13-8-14(10)2/h6,8-9,11-12H,4-5,7H2,1-3H3/t9?,11-,12?/m1/s1. The molecule has 1 aliphatic rings. The number of nitrogens with zero attached hydrogens (tertiary/aromatic N) is 2. The fraction of sp³-hybridized carbons (Fsp3) is 0.750. The Balaban J connectivity index is 2.03. The van der Waals surface area contributed by atoms with E-state index >= 15 is 0 Å². The molecule has 1 aliphatic heterocycles. The van der Waals surface area contributed by atoms with Gasteiger partial charge in [-0.2, -0.15) is 0 Å². The Bertz CT molecular complexity index is 340. The molecular formula is C12H20N2OS. The van der Waals surface area contributed by atoms with E-state index in [0.29, 0.717) is 11.4 Å². The molecule has 2 heterocycles. The Morgan fingerprint density at radius 3 is 3.00 bits per heavy atom. The topological polar surface area (TPSA) is 27.1 Å². The van der Waals surface area contributed by atoms with Gasteiger partial charge in [-0.1, -0.05) is 6.92 Å². The van der Waals surface area contributed by atoms with Crippen molar-refractivity contribution in [2.75, 3.05) is 12.9 Å². The predicted octanol–water partition coefficient (Wildman–Crippen LogP) is 2.32. The molecule has 1 saturated heterocycles. The van der Waals surface area contributed by atoms with Crippen LogP contribution in [0, 0.1) is 11.8 Å².